The maximum Gasteiger partial charge on any atom is 0.346 e. The molecular formula is C12H7F4N3O2. The van der Waals surface area contributed by atoms with Crippen molar-refractivity contribution in [3.63, 3.8) is 0 Å². The fraction of sp³-hybridized carbons (Fsp3) is 0. The maximum absolute atomic E-state index is 13.3. The van der Waals surface area contributed by atoms with Crippen LogP contribution in [0.5, 0.6) is 0 Å². The van der Waals surface area contributed by atoms with Crippen LogP contribution in [0.15, 0.2) is 35.6 Å². The fourth-order valence-corrected chi connectivity index (χ4v) is 1.41. The second kappa shape index (κ2) is 5.65. The number of carbonyl (C=O) groups excluding carboxylic acids is 1. The average molecular weight is 301 g/mol. The van der Waals surface area contributed by atoms with Crippen molar-refractivity contribution in [3.05, 3.63) is 59.2 Å². The van der Waals surface area contributed by atoms with Crippen LogP contribution in [0.3, 0.4) is 0 Å². The number of hydrogen-bond acceptors (Lipinski definition) is 2. The van der Waals surface area contributed by atoms with Gasteiger partial charge in [0.25, 0.3) is 0 Å². The lowest BCUT2D eigenvalue weighted by Crippen LogP contribution is -2.15. The minimum Gasteiger partial charge on any atom is -0.429 e. The first-order valence-electron chi connectivity index (χ1n) is 5.45. The molecule has 0 atom stereocenters. The van der Waals surface area contributed by atoms with Crippen LogP contribution in [0, 0.1) is 23.3 Å². The van der Waals surface area contributed by atoms with Crippen molar-refractivity contribution in [2.24, 2.45) is 4.99 Å². The summed E-state index contributed by atoms with van der Waals surface area (Å²) >= 11 is 0. The lowest BCUT2D eigenvalue weighted by Gasteiger charge is -2.05. The van der Waals surface area contributed by atoms with Gasteiger partial charge in [-0.2, -0.15) is 4.99 Å². The first-order chi connectivity index (χ1) is 9.88. The van der Waals surface area contributed by atoms with Crippen LogP contribution < -0.4 is 10.7 Å². The Kier molecular flexibility index (Phi) is 3.92. The minimum atomic E-state index is -2.04. The van der Waals surface area contributed by atoms with E-state index >= 15 is 0 Å². The zero-order valence-electron chi connectivity index (χ0n) is 10.1. The summed E-state index contributed by atoms with van der Waals surface area (Å²) in [6.07, 6.45) is 2.34. The number of rotatable bonds is 1. The number of carbonyl (C=O) groups is 1. The van der Waals surface area contributed by atoms with Gasteiger partial charge in [0.1, 0.15) is 0 Å². The molecule has 0 aliphatic carbocycles. The Labute approximate surface area is 114 Å². The van der Waals surface area contributed by atoms with Crippen LogP contribution >= 0.6 is 0 Å². The van der Waals surface area contributed by atoms with E-state index in [0.717, 1.165) is 0 Å². The molecule has 2 amide bonds. The zero-order chi connectivity index (χ0) is 15.6. The Hall–Kier alpha value is -2.84. The van der Waals surface area contributed by atoms with Crippen molar-refractivity contribution < 1.29 is 27.6 Å². The lowest BCUT2D eigenvalue weighted by atomic mass is 10.2. The highest BCUT2D eigenvalue weighted by molar-refractivity contribution is 5.90. The van der Waals surface area contributed by atoms with Gasteiger partial charge >= 0.3 is 6.03 Å². The molecule has 1 aromatic carbocycles. The molecule has 2 N–H and O–H groups in total. The van der Waals surface area contributed by atoms with E-state index < -0.39 is 35.0 Å². The normalized spacial score (nSPS) is 10.3. The van der Waals surface area contributed by atoms with E-state index in [2.05, 4.69) is 4.99 Å². The highest BCUT2D eigenvalue weighted by Gasteiger charge is 2.19. The van der Waals surface area contributed by atoms with Gasteiger partial charge in [-0.3, -0.25) is 0 Å². The number of nitrogens with one attached hydrogen (secondary N) is 1. The topological polar surface area (TPSA) is 66.6 Å². The number of benzene rings is 1. The van der Waals surface area contributed by atoms with E-state index in [4.69, 9.17) is 5.21 Å². The number of halogens is 4. The molecule has 2 rings (SSSR count). The predicted molar refractivity (Wildman–Crippen MR) is 62.5 cm³/mol. The second-order valence-corrected chi connectivity index (χ2v) is 3.83. The molecule has 5 nitrogen and oxygen atoms in total. The summed E-state index contributed by atoms with van der Waals surface area (Å²) in [5.74, 6) is -7.40. The van der Waals surface area contributed by atoms with Crippen molar-refractivity contribution >= 4 is 11.7 Å². The minimum absolute atomic E-state index is 0.0984. The van der Waals surface area contributed by atoms with E-state index in [0.29, 0.717) is 10.8 Å². The van der Waals surface area contributed by atoms with Gasteiger partial charge in [0.15, 0.2) is 23.3 Å². The third kappa shape index (κ3) is 3.19. The number of urea groups is 1. The fourth-order valence-electron chi connectivity index (χ4n) is 1.41. The number of anilines is 1. The molecule has 0 radical (unpaired) electrons. The molecular weight excluding hydrogens is 294 g/mol. The Bertz CT molecular complexity index is 753. The van der Waals surface area contributed by atoms with Crippen LogP contribution in [0.2, 0.25) is 0 Å². The van der Waals surface area contributed by atoms with Crippen LogP contribution in [-0.4, -0.2) is 16.0 Å². The molecule has 21 heavy (non-hydrogen) atoms. The number of hydrogen-bond donors (Lipinski definition) is 2. The third-order valence-electron chi connectivity index (χ3n) is 2.37. The summed E-state index contributed by atoms with van der Waals surface area (Å²) in [5.41, 5.74) is -0.881. The van der Waals surface area contributed by atoms with Gasteiger partial charge in [0, 0.05) is 18.5 Å². The first kappa shape index (κ1) is 14.6. The summed E-state index contributed by atoms with van der Waals surface area (Å²) in [6.45, 7) is 0. The van der Waals surface area contributed by atoms with Gasteiger partial charge in [-0.15, -0.1) is 0 Å². The molecule has 110 valence electrons. The Balaban J connectivity index is 2.28. The quantitative estimate of drug-likeness (QED) is 0.368. The molecule has 0 aliphatic rings. The monoisotopic (exact) mass is 301 g/mol. The van der Waals surface area contributed by atoms with Gasteiger partial charge in [-0.25, -0.2) is 27.1 Å². The zero-order valence-corrected chi connectivity index (χ0v) is 10.1. The number of aromatic nitrogens is 1. The molecule has 9 heteroatoms. The number of amides is 2. The molecule has 2 aromatic rings. The molecule has 0 aliphatic heterocycles. The standard InChI is InChI=1S/C12H7F4N3O2/c13-7-5-8(10(15)11(16)9(7)14)18-12(20)17-6-1-3-19(21)4-2-6/h1-5,21H,(H,18,20). The lowest BCUT2D eigenvalue weighted by molar-refractivity contribution is 0.184. The molecule has 0 saturated carbocycles. The van der Waals surface area contributed by atoms with Gasteiger partial charge in [0.2, 0.25) is 0 Å². The second-order valence-electron chi connectivity index (χ2n) is 3.83. The van der Waals surface area contributed by atoms with Crippen LogP contribution in [0.1, 0.15) is 0 Å². The first-order valence-corrected chi connectivity index (χ1v) is 5.45. The SMILES string of the molecule is O=C(N=c1ccn(O)cc1)Nc1cc(F)c(F)c(F)c1F. The van der Waals surface area contributed by atoms with Crippen molar-refractivity contribution in [3.8, 4) is 0 Å². The van der Waals surface area contributed by atoms with Crippen molar-refractivity contribution in [2.45, 2.75) is 0 Å². The van der Waals surface area contributed by atoms with Gasteiger partial charge in [-0.1, -0.05) is 0 Å². The summed E-state index contributed by atoms with van der Waals surface area (Å²) in [6, 6.07) is 1.67. The van der Waals surface area contributed by atoms with Gasteiger partial charge in [-0.05, 0) is 12.1 Å². The third-order valence-corrected chi connectivity index (χ3v) is 2.37. The molecule has 0 saturated heterocycles. The molecule has 0 spiro atoms. The molecule has 1 heterocycles. The number of nitrogens with zero attached hydrogens (tertiary/aromatic N) is 2. The van der Waals surface area contributed by atoms with Crippen LogP contribution in [-0.2, 0) is 0 Å². The predicted octanol–water partition coefficient (Wildman–Crippen LogP) is 2.41. The van der Waals surface area contributed by atoms with Crippen molar-refractivity contribution in [1.82, 2.24) is 4.73 Å². The molecule has 0 fully saturated rings. The summed E-state index contributed by atoms with van der Waals surface area (Å²) < 4.78 is 52.7. The summed E-state index contributed by atoms with van der Waals surface area (Å²) in [7, 11) is 0. The molecule has 0 bridgehead atoms. The van der Waals surface area contributed by atoms with Gasteiger partial charge < -0.3 is 10.5 Å². The Morgan fingerprint density at radius 2 is 1.71 bits per heavy atom. The van der Waals surface area contributed by atoms with Gasteiger partial charge in [0.05, 0.1) is 11.0 Å². The molecule has 0 unspecified atom stereocenters. The summed E-state index contributed by atoms with van der Waals surface area (Å²) in [5, 5.41) is 10.8. The highest BCUT2D eigenvalue weighted by atomic mass is 19.2. The van der Waals surface area contributed by atoms with E-state index in [-0.39, 0.29) is 5.36 Å². The Morgan fingerprint density at radius 1 is 1.10 bits per heavy atom. The van der Waals surface area contributed by atoms with Crippen molar-refractivity contribution in [2.75, 3.05) is 5.32 Å². The Morgan fingerprint density at radius 3 is 2.33 bits per heavy atom. The number of pyridine rings is 1. The highest BCUT2D eigenvalue weighted by Crippen LogP contribution is 2.22. The summed E-state index contributed by atoms with van der Waals surface area (Å²) in [4.78, 5) is 14.9. The van der Waals surface area contributed by atoms with Crippen molar-refractivity contribution in [1.29, 1.82) is 0 Å². The maximum atomic E-state index is 13.3. The van der Waals surface area contributed by atoms with Crippen LogP contribution in [0.25, 0.3) is 0 Å². The molecule has 1 aromatic heterocycles. The van der Waals surface area contributed by atoms with E-state index in [1.807, 2.05) is 0 Å². The average Bonchev–Trinajstić information content (AvgIpc) is 2.45. The largest absolute Gasteiger partial charge is 0.429 e. The van der Waals surface area contributed by atoms with E-state index in [9.17, 15) is 22.4 Å². The van der Waals surface area contributed by atoms with Crippen LogP contribution in [0.4, 0.5) is 28.0 Å². The smallest absolute Gasteiger partial charge is 0.346 e. The van der Waals surface area contributed by atoms with E-state index in [1.165, 1.54) is 24.5 Å². The van der Waals surface area contributed by atoms with E-state index in [1.54, 1.807) is 5.32 Å².